The number of ether oxygens (including phenoxy) is 1. The first-order valence-corrected chi connectivity index (χ1v) is 6.70. The SMILES string of the molecule is CCCC1CC(Nc2cccc(C#N)c2)CCO1. The Hall–Kier alpha value is -1.53. The third kappa shape index (κ3) is 3.48. The van der Waals surface area contributed by atoms with E-state index in [1.165, 1.54) is 6.42 Å². The zero-order chi connectivity index (χ0) is 12.8. The molecule has 2 atom stereocenters. The van der Waals surface area contributed by atoms with Crippen molar-refractivity contribution in [3.05, 3.63) is 29.8 Å². The Morgan fingerprint density at radius 3 is 3.17 bits per heavy atom. The van der Waals surface area contributed by atoms with Gasteiger partial charge in [-0.2, -0.15) is 5.26 Å². The molecule has 0 spiro atoms. The first-order chi connectivity index (χ1) is 8.81. The summed E-state index contributed by atoms with van der Waals surface area (Å²) in [6, 6.07) is 10.3. The summed E-state index contributed by atoms with van der Waals surface area (Å²) in [6.45, 7) is 3.02. The topological polar surface area (TPSA) is 45.0 Å². The third-order valence-corrected chi connectivity index (χ3v) is 3.34. The van der Waals surface area contributed by atoms with E-state index in [4.69, 9.17) is 10.00 Å². The zero-order valence-corrected chi connectivity index (χ0v) is 10.9. The summed E-state index contributed by atoms with van der Waals surface area (Å²) in [7, 11) is 0. The molecule has 2 unspecified atom stereocenters. The fourth-order valence-corrected chi connectivity index (χ4v) is 2.45. The molecular formula is C15H20N2O. The molecule has 1 fully saturated rings. The van der Waals surface area contributed by atoms with Crippen molar-refractivity contribution < 1.29 is 4.74 Å². The molecule has 0 amide bonds. The Morgan fingerprint density at radius 1 is 1.50 bits per heavy atom. The molecule has 0 bridgehead atoms. The van der Waals surface area contributed by atoms with Gasteiger partial charge in [0.1, 0.15) is 0 Å². The maximum atomic E-state index is 8.88. The van der Waals surface area contributed by atoms with Crippen molar-refractivity contribution in [3.8, 4) is 6.07 Å². The van der Waals surface area contributed by atoms with Gasteiger partial charge in [0.15, 0.2) is 0 Å². The number of nitrogens with zero attached hydrogens (tertiary/aromatic N) is 1. The van der Waals surface area contributed by atoms with Gasteiger partial charge in [-0.15, -0.1) is 0 Å². The summed E-state index contributed by atoms with van der Waals surface area (Å²) in [5, 5.41) is 12.4. The minimum Gasteiger partial charge on any atom is -0.382 e. The summed E-state index contributed by atoms with van der Waals surface area (Å²) in [5.74, 6) is 0. The van der Waals surface area contributed by atoms with E-state index in [9.17, 15) is 0 Å². The van der Waals surface area contributed by atoms with Gasteiger partial charge in [0, 0.05) is 18.3 Å². The van der Waals surface area contributed by atoms with Crippen LogP contribution < -0.4 is 5.32 Å². The molecule has 1 N–H and O–H groups in total. The average molecular weight is 244 g/mol. The second-order valence-corrected chi connectivity index (χ2v) is 4.84. The van der Waals surface area contributed by atoms with Crippen molar-refractivity contribution in [2.24, 2.45) is 0 Å². The highest BCUT2D eigenvalue weighted by atomic mass is 16.5. The van der Waals surface area contributed by atoms with Gasteiger partial charge in [-0.05, 0) is 37.5 Å². The first-order valence-electron chi connectivity index (χ1n) is 6.70. The summed E-state index contributed by atoms with van der Waals surface area (Å²) < 4.78 is 5.74. The molecule has 1 saturated heterocycles. The highest BCUT2D eigenvalue weighted by Crippen LogP contribution is 2.21. The standard InChI is InChI=1S/C15H20N2O/c1-2-4-15-10-14(7-8-18-15)17-13-6-3-5-12(9-13)11-16/h3,5-6,9,14-15,17H,2,4,7-8,10H2,1H3. The van der Waals surface area contributed by atoms with Crippen molar-refractivity contribution in [1.29, 1.82) is 5.26 Å². The van der Waals surface area contributed by atoms with Crippen molar-refractivity contribution in [1.82, 2.24) is 0 Å². The van der Waals surface area contributed by atoms with Crippen molar-refractivity contribution in [2.45, 2.75) is 44.8 Å². The molecule has 96 valence electrons. The Morgan fingerprint density at radius 2 is 2.39 bits per heavy atom. The molecule has 3 heteroatoms. The van der Waals surface area contributed by atoms with E-state index in [1.807, 2.05) is 24.3 Å². The lowest BCUT2D eigenvalue weighted by Crippen LogP contribution is -2.33. The Balaban J connectivity index is 1.94. The lowest BCUT2D eigenvalue weighted by molar-refractivity contribution is 0.00598. The van der Waals surface area contributed by atoms with Crippen LogP contribution in [0.2, 0.25) is 0 Å². The Bertz CT molecular complexity index is 423. The molecule has 0 aliphatic carbocycles. The highest BCUT2D eigenvalue weighted by molar-refractivity contribution is 5.49. The van der Waals surface area contributed by atoms with E-state index >= 15 is 0 Å². The molecular weight excluding hydrogens is 224 g/mol. The van der Waals surface area contributed by atoms with Crippen LogP contribution in [0.3, 0.4) is 0 Å². The highest BCUT2D eigenvalue weighted by Gasteiger charge is 2.21. The number of anilines is 1. The van der Waals surface area contributed by atoms with Crippen LogP contribution in [0.4, 0.5) is 5.69 Å². The molecule has 1 aromatic carbocycles. The summed E-state index contributed by atoms with van der Waals surface area (Å²) in [6.07, 6.45) is 4.79. The second kappa shape index (κ2) is 6.42. The number of rotatable bonds is 4. The lowest BCUT2D eigenvalue weighted by Gasteiger charge is -2.30. The zero-order valence-electron chi connectivity index (χ0n) is 10.9. The molecule has 1 heterocycles. The molecule has 18 heavy (non-hydrogen) atoms. The van der Waals surface area contributed by atoms with Crippen LogP contribution in [0.1, 0.15) is 38.2 Å². The quantitative estimate of drug-likeness (QED) is 0.883. The van der Waals surface area contributed by atoms with E-state index in [1.54, 1.807) is 0 Å². The maximum Gasteiger partial charge on any atom is 0.0992 e. The number of hydrogen-bond acceptors (Lipinski definition) is 3. The maximum absolute atomic E-state index is 8.88. The molecule has 1 aromatic rings. The number of benzene rings is 1. The van der Waals surface area contributed by atoms with E-state index in [-0.39, 0.29) is 0 Å². The number of nitrogens with one attached hydrogen (secondary N) is 1. The predicted octanol–water partition coefficient (Wildman–Crippen LogP) is 3.32. The second-order valence-electron chi connectivity index (χ2n) is 4.84. The summed E-state index contributed by atoms with van der Waals surface area (Å²) in [5.41, 5.74) is 1.74. The van der Waals surface area contributed by atoms with Gasteiger partial charge in [0.2, 0.25) is 0 Å². The fourth-order valence-electron chi connectivity index (χ4n) is 2.45. The van der Waals surface area contributed by atoms with Gasteiger partial charge in [-0.3, -0.25) is 0 Å². The van der Waals surface area contributed by atoms with Crippen LogP contribution in [0.5, 0.6) is 0 Å². The van der Waals surface area contributed by atoms with E-state index in [0.29, 0.717) is 17.7 Å². The van der Waals surface area contributed by atoms with E-state index < -0.39 is 0 Å². The van der Waals surface area contributed by atoms with Crippen LogP contribution in [0, 0.1) is 11.3 Å². The molecule has 0 saturated carbocycles. The van der Waals surface area contributed by atoms with Crippen molar-refractivity contribution in [3.63, 3.8) is 0 Å². The number of nitriles is 1. The number of hydrogen-bond donors (Lipinski definition) is 1. The lowest BCUT2D eigenvalue weighted by atomic mass is 10.00. The summed E-state index contributed by atoms with van der Waals surface area (Å²) in [4.78, 5) is 0. The smallest absolute Gasteiger partial charge is 0.0992 e. The Labute approximate surface area is 109 Å². The van der Waals surface area contributed by atoms with Crippen LogP contribution in [0.25, 0.3) is 0 Å². The average Bonchev–Trinajstić information content (AvgIpc) is 2.40. The molecule has 1 aliphatic rings. The molecule has 0 aromatic heterocycles. The van der Waals surface area contributed by atoms with Crippen LogP contribution in [-0.4, -0.2) is 18.8 Å². The normalized spacial score (nSPS) is 23.3. The monoisotopic (exact) mass is 244 g/mol. The van der Waals surface area contributed by atoms with Gasteiger partial charge < -0.3 is 10.1 Å². The Kier molecular flexibility index (Phi) is 4.60. The molecule has 2 rings (SSSR count). The van der Waals surface area contributed by atoms with Crippen LogP contribution in [-0.2, 0) is 4.74 Å². The van der Waals surface area contributed by atoms with Gasteiger partial charge in [0.25, 0.3) is 0 Å². The van der Waals surface area contributed by atoms with Crippen molar-refractivity contribution in [2.75, 3.05) is 11.9 Å². The largest absolute Gasteiger partial charge is 0.382 e. The molecule has 1 aliphatic heterocycles. The predicted molar refractivity (Wildman–Crippen MR) is 72.4 cm³/mol. The fraction of sp³-hybridized carbons (Fsp3) is 0.533. The minimum absolute atomic E-state index is 0.389. The molecule has 0 radical (unpaired) electrons. The van der Waals surface area contributed by atoms with Gasteiger partial charge in [-0.1, -0.05) is 19.4 Å². The summed E-state index contributed by atoms with van der Waals surface area (Å²) >= 11 is 0. The van der Waals surface area contributed by atoms with Crippen molar-refractivity contribution >= 4 is 5.69 Å². The van der Waals surface area contributed by atoms with Gasteiger partial charge in [-0.25, -0.2) is 0 Å². The van der Waals surface area contributed by atoms with Crippen LogP contribution in [0.15, 0.2) is 24.3 Å². The van der Waals surface area contributed by atoms with E-state index in [2.05, 4.69) is 18.3 Å². The minimum atomic E-state index is 0.389. The van der Waals surface area contributed by atoms with Gasteiger partial charge >= 0.3 is 0 Å². The van der Waals surface area contributed by atoms with Gasteiger partial charge in [0.05, 0.1) is 17.7 Å². The third-order valence-electron chi connectivity index (χ3n) is 3.34. The molecule has 3 nitrogen and oxygen atoms in total. The first kappa shape index (κ1) is 12.9. The van der Waals surface area contributed by atoms with Crippen LogP contribution >= 0.6 is 0 Å². The van der Waals surface area contributed by atoms with E-state index in [0.717, 1.165) is 31.6 Å².